The van der Waals surface area contributed by atoms with Crippen molar-refractivity contribution in [2.24, 2.45) is 0 Å². The van der Waals surface area contributed by atoms with Gasteiger partial charge in [0.15, 0.2) is 0 Å². The Morgan fingerprint density at radius 3 is 2.54 bits per heavy atom. The van der Waals surface area contributed by atoms with E-state index in [9.17, 15) is 4.79 Å². The van der Waals surface area contributed by atoms with Crippen molar-refractivity contribution in [3.8, 4) is 17.0 Å². The molecule has 7 nitrogen and oxygen atoms in total. The van der Waals surface area contributed by atoms with E-state index in [2.05, 4.69) is 22.2 Å². The Hall–Kier alpha value is -3.87. The molecule has 0 N–H and O–H groups in total. The lowest BCUT2D eigenvalue weighted by Gasteiger charge is -2.24. The molecular weight excluding hydrogens is 440 g/mol. The smallest absolute Gasteiger partial charge is 0.259 e. The van der Waals surface area contributed by atoms with Crippen LogP contribution in [0.5, 0.6) is 5.75 Å². The molecule has 1 aliphatic carbocycles. The Kier molecular flexibility index (Phi) is 5.60. The van der Waals surface area contributed by atoms with Gasteiger partial charge in [0.2, 0.25) is 0 Å². The molecule has 2 aromatic carbocycles. The highest BCUT2D eigenvalue weighted by molar-refractivity contribution is 6.09. The molecule has 1 saturated heterocycles. The summed E-state index contributed by atoms with van der Waals surface area (Å²) in [4.78, 5) is 23.0. The molecule has 1 amide bonds. The van der Waals surface area contributed by atoms with Crippen LogP contribution in [0.4, 0.5) is 5.69 Å². The molecule has 0 spiro atoms. The van der Waals surface area contributed by atoms with Gasteiger partial charge in [-0.05, 0) is 49.6 Å². The van der Waals surface area contributed by atoms with Gasteiger partial charge in [-0.15, -0.1) is 0 Å². The first-order valence-corrected chi connectivity index (χ1v) is 12.3. The number of hydrogen-bond acceptors (Lipinski definition) is 6. The second-order valence-electron chi connectivity index (χ2n) is 9.28. The van der Waals surface area contributed by atoms with Crippen molar-refractivity contribution < 1.29 is 14.1 Å². The van der Waals surface area contributed by atoms with Gasteiger partial charge in [0.25, 0.3) is 11.6 Å². The van der Waals surface area contributed by atoms with Gasteiger partial charge in [-0.25, -0.2) is 4.98 Å². The largest absolute Gasteiger partial charge is 0.497 e. The molecule has 2 aliphatic rings. The highest BCUT2D eigenvalue weighted by Crippen LogP contribution is 2.41. The number of amides is 1. The summed E-state index contributed by atoms with van der Waals surface area (Å²) in [7, 11) is 1.67. The summed E-state index contributed by atoms with van der Waals surface area (Å²) >= 11 is 0. The second kappa shape index (κ2) is 9.06. The van der Waals surface area contributed by atoms with E-state index < -0.39 is 0 Å². The second-order valence-corrected chi connectivity index (χ2v) is 9.28. The Balaban J connectivity index is 1.32. The predicted molar refractivity (Wildman–Crippen MR) is 135 cm³/mol. The number of benzene rings is 2. The summed E-state index contributed by atoms with van der Waals surface area (Å²) in [5, 5.41) is 5.04. The van der Waals surface area contributed by atoms with Crippen LogP contribution in [0.2, 0.25) is 0 Å². The minimum Gasteiger partial charge on any atom is -0.497 e. The molecule has 0 unspecified atom stereocenters. The van der Waals surface area contributed by atoms with Gasteiger partial charge in [-0.1, -0.05) is 35.5 Å². The molecule has 1 aliphatic heterocycles. The number of ether oxygens (including phenoxy) is 1. The van der Waals surface area contributed by atoms with Crippen LogP contribution in [-0.2, 0) is 0 Å². The molecule has 2 aromatic heterocycles. The molecule has 178 valence electrons. The summed E-state index contributed by atoms with van der Waals surface area (Å²) in [6.07, 6.45) is 3.11. The average molecular weight is 469 g/mol. The van der Waals surface area contributed by atoms with Gasteiger partial charge in [0.1, 0.15) is 11.4 Å². The number of carbonyl (C=O) groups is 1. The lowest BCUT2D eigenvalue weighted by molar-refractivity contribution is 0.0768. The third-order valence-corrected chi connectivity index (χ3v) is 6.96. The van der Waals surface area contributed by atoms with Gasteiger partial charge in [-0.3, -0.25) is 4.79 Å². The molecule has 4 aromatic rings. The van der Waals surface area contributed by atoms with Crippen molar-refractivity contribution in [1.29, 1.82) is 0 Å². The van der Waals surface area contributed by atoms with Gasteiger partial charge in [-0.2, -0.15) is 0 Å². The summed E-state index contributed by atoms with van der Waals surface area (Å²) in [5.41, 5.74) is 4.77. The number of fused-ring (bicyclic) bond motifs is 1. The third-order valence-electron chi connectivity index (χ3n) is 6.96. The van der Waals surface area contributed by atoms with E-state index in [0.29, 0.717) is 41.4 Å². The van der Waals surface area contributed by atoms with Crippen LogP contribution in [0.1, 0.15) is 41.2 Å². The highest BCUT2D eigenvalue weighted by Gasteiger charge is 2.31. The van der Waals surface area contributed by atoms with Crippen molar-refractivity contribution >= 4 is 22.7 Å². The highest BCUT2D eigenvalue weighted by atomic mass is 16.5. The standard InChI is InChI=1S/C28H28N4O3/c1-34-22-12-10-21(11-13-22)31-14-5-15-32(17-16-31)28(33)23-18-24(19-8-9-19)29-27-25(23)26(30-35-27)20-6-3-2-4-7-20/h2-4,6-7,10-13,18-19H,5,8-9,14-17H2,1H3. The van der Waals surface area contributed by atoms with Crippen molar-refractivity contribution in [1.82, 2.24) is 15.0 Å². The van der Waals surface area contributed by atoms with Crippen LogP contribution in [0.3, 0.4) is 0 Å². The van der Waals surface area contributed by atoms with E-state index in [1.165, 1.54) is 0 Å². The Labute approximate surface area is 204 Å². The van der Waals surface area contributed by atoms with Crippen LogP contribution in [-0.4, -0.2) is 54.2 Å². The minimum atomic E-state index is 0.0243. The van der Waals surface area contributed by atoms with Crippen molar-refractivity contribution in [3.63, 3.8) is 0 Å². The van der Waals surface area contributed by atoms with E-state index in [-0.39, 0.29) is 5.91 Å². The Bertz CT molecular complexity index is 1350. The first-order valence-electron chi connectivity index (χ1n) is 12.3. The van der Waals surface area contributed by atoms with E-state index >= 15 is 0 Å². The third kappa shape index (κ3) is 4.22. The number of aromatic nitrogens is 2. The van der Waals surface area contributed by atoms with Crippen molar-refractivity contribution in [2.75, 3.05) is 38.2 Å². The molecule has 7 heteroatoms. The Morgan fingerprint density at radius 1 is 1.00 bits per heavy atom. The number of rotatable bonds is 5. The maximum absolute atomic E-state index is 14.0. The zero-order valence-electron chi connectivity index (χ0n) is 19.8. The molecular formula is C28H28N4O3. The fourth-order valence-electron chi connectivity index (χ4n) is 4.86. The number of anilines is 1. The zero-order chi connectivity index (χ0) is 23.8. The zero-order valence-corrected chi connectivity index (χ0v) is 19.8. The number of methoxy groups -OCH3 is 1. The summed E-state index contributed by atoms with van der Waals surface area (Å²) < 4.78 is 11.0. The molecule has 2 fully saturated rings. The quantitative estimate of drug-likeness (QED) is 0.404. The Morgan fingerprint density at radius 2 is 1.80 bits per heavy atom. The van der Waals surface area contributed by atoms with E-state index in [0.717, 1.165) is 55.0 Å². The lowest BCUT2D eigenvalue weighted by atomic mass is 10.0. The van der Waals surface area contributed by atoms with Crippen molar-refractivity contribution in [3.05, 3.63) is 71.9 Å². The van der Waals surface area contributed by atoms with Gasteiger partial charge in [0.05, 0.1) is 18.1 Å². The maximum atomic E-state index is 14.0. The number of carbonyl (C=O) groups excluding carboxylic acids is 1. The van der Waals surface area contributed by atoms with E-state index in [1.54, 1.807) is 7.11 Å². The fourth-order valence-corrected chi connectivity index (χ4v) is 4.86. The fraction of sp³-hybridized carbons (Fsp3) is 0.321. The van der Waals surface area contributed by atoms with Gasteiger partial charge < -0.3 is 19.1 Å². The summed E-state index contributed by atoms with van der Waals surface area (Å²) in [6.45, 7) is 3.04. The summed E-state index contributed by atoms with van der Waals surface area (Å²) in [6, 6.07) is 20.0. The molecule has 6 rings (SSSR count). The lowest BCUT2D eigenvalue weighted by Crippen LogP contribution is -2.35. The van der Waals surface area contributed by atoms with Crippen LogP contribution < -0.4 is 9.64 Å². The summed E-state index contributed by atoms with van der Waals surface area (Å²) in [5.74, 6) is 1.28. The monoisotopic (exact) mass is 468 g/mol. The van der Waals surface area contributed by atoms with Crippen molar-refractivity contribution in [2.45, 2.75) is 25.2 Å². The van der Waals surface area contributed by atoms with Gasteiger partial charge >= 0.3 is 0 Å². The number of pyridine rings is 1. The molecule has 3 heterocycles. The molecule has 35 heavy (non-hydrogen) atoms. The molecule has 0 radical (unpaired) electrons. The molecule has 0 atom stereocenters. The average Bonchev–Trinajstić information content (AvgIpc) is 3.71. The first kappa shape index (κ1) is 21.6. The van der Waals surface area contributed by atoms with Crippen LogP contribution in [0, 0.1) is 0 Å². The van der Waals surface area contributed by atoms with Crippen LogP contribution in [0.25, 0.3) is 22.4 Å². The van der Waals surface area contributed by atoms with Crippen LogP contribution in [0.15, 0.2) is 65.2 Å². The predicted octanol–water partition coefficient (Wildman–Crippen LogP) is 5.13. The van der Waals surface area contributed by atoms with Gasteiger partial charge in [0, 0.05) is 49.0 Å². The van der Waals surface area contributed by atoms with Crippen LogP contribution >= 0.6 is 0 Å². The number of nitrogens with zero attached hydrogens (tertiary/aromatic N) is 4. The van der Waals surface area contributed by atoms with E-state index in [4.69, 9.17) is 14.2 Å². The topological polar surface area (TPSA) is 71.7 Å². The SMILES string of the molecule is COc1ccc(N2CCCN(C(=O)c3cc(C4CC4)nc4onc(-c5ccccc5)c34)CC2)cc1. The maximum Gasteiger partial charge on any atom is 0.259 e. The number of hydrogen-bond donors (Lipinski definition) is 0. The minimum absolute atomic E-state index is 0.0243. The first-order chi connectivity index (χ1) is 17.2. The molecule has 0 bridgehead atoms. The molecule has 1 saturated carbocycles. The normalized spacial score (nSPS) is 16.4. The van der Waals surface area contributed by atoms with E-state index in [1.807, 2.05) is 53.4 Å².